The maximum absolute atomic E-state index is 14.5. The number of hydrogen-bond donors (Lipinski definition) is 2. The second-order valence-electron chi connectivity index (χ2n) is 6.18. The highest BCUT2D eigenvalue weighted by Crippen LogP contribution is 2.43. The van der Waals surface area contributed by atoms with E-state index >= 15 is 0 Å². The van der Waals surface area contributed by atoms with E-state index in [1.807, 2.05) is 13.8 Å². The predicted molar refractivity (Wildman–Crippen MR) is 92.5 cm³/mol. The van der Waals surface area contributed by atoms with Crippen molar-refractivity contribution in [2.45, 2.75) is 32.4 Å². The summed E-state index contributed by atoms with van der Waals surface area (Å²) in [4.78, 5) is 39.7. The second-order valence-corrected chi connectivity index (χ2v) is 6.18. The standard InChI is InChI=1S/C18H24FN3O4/c1-3-21(4-2)17(24)12-9-14(18(25)26)22(15(23)10-20)16(12)11-7-5-6-8-13(11)19/h5-8,12,14,16H,3-4,9-10,20H2,1-2H3,(H,25,26). The van der Waals surface area contributed by atoms with Crippen LogP contribution < -0.4 is 5.73 Å². The number of carbonyl (C=O) groups excluding carboxylic acids is 2. The van der Waals surface area contributed by atoms with Gasteiger partial charge in [-0.05, 0) is 26.3 Å². The molecule has 1 fully saturated rings. The molecule has 1 aromatic carbocycles. The van der Waals surface area contributed by atoms with E-state index in [4.69, 9.17) is 5.73 Å². The monoisotopic (exact) mass is 365 g/mol. The minimum absolute atomic E-state index is 0.0740. The molecular weight excluding hydrogens is 341 g/mol. The molecule has 0 bridgehead atoms. The molecule has 2 rings (SSSR count). The Morgan fingerprint density at radius 3 is 2.38 bits per heavy atom. The van der Waals surface area contributed by atoms with Gasteiger partial charge in [0.25, 0.3) is 0 Å². The van der Waals surface area contributed by atoms with Crippen molar-refractivity contribution in [2.24, 2.45) is 11.7 Å². The molecule has 2 amide bonds. The first-order valence-electron chi connectivity index (χ1n) is 8.64. The maximum atomic E-state index is 14.5. The Balaban J connectivity index is 2.58. The predicted octanol–water partition coefficient (Wildman–Crippen LogP) is 0.996. The van der Waals surface area contributed by atoms with Crippen LogP contribution in [0.15, 0.2) is 24.3 Å². The number of rotatable bonds is 6. The van der Waals surface area contributed by atoms with E-state index in [1.165, 1.54) is 18.2 Å². The molecule has 3 N–H and O–H groups in total. The van der Waals surface area contributed by atoms with E-state index in [0.29, 0.717) is 13.1 Å². The van der Waals surface area contributed by atoms with Gasteiger partial charge in [-0.3, -0.25) is 9.59 Å². The first-order valence-corrected chi connectivity index (χ1v) is 8.64. The van der Waals surface area contributed by atoms with Crippen LogP contribution in [0, 0.1) is 11.7 Å². The van der Waals surface area contributed by atoms with Crippen molar-refractivity contribution in [3.63, 3.8) is 0 Å². The van der Waals surface area contributed by atoms with Crippen molar-refractivity contribution in [2.75, 3.05) is 19.6 Å². The van der Waals surface area contributed by atoms with Gasteiger partial charge < -0.3 is 20.6 Å². The van der Waals surface area contributed by atoms with Crippen molar-refractivity contribution in [3.05, 3.63) is 35.6 Å². The lowest BCUT2D eigenvalue weighted by Crippen LogP contribution is -2.45. The Bertz CT molecular complexity index is 693. The van der Waals surface area contributed by atoms with E-state index in [2.05, 4.69) is 0 Å². The number of benzene rings is 1. The Morgan fingerprint density at radius 1 is 1.27 bits per heavy atom. The summed E-state index contributed by atoms with van der Waals surface area (Å²) in [7, 11) is 0. The minimum Gasteiger partial charge on any atom is -0.480 e. The minimum atomic E-state index is -1.23. The van der Waals surface area contributed by atoms with Gasteiger partial charge in [-0.1, -0.05) is 18.2 Å². The summed E-state index contributed by atoms with van der Waals surface area (Å²) in [6.07, 6.45) is -0.0740. The Hall–Kier alpha value is -2.48. The molecule has 0 saturated carbocycles. The van der Waals surface area contributed by atoms with Crippen LogP contribution in [-0.4, -0.2) is 58.4 Å². The number of carbonyl (C=O) groups is 3. The summed E-state index contributed by atoms with van der Waals surface area (Å²) in [6, 6.07) is 3.58. The summed E-state index contributed by atoms with van der Waals surface area (Å²) in [6.45, 7) is 4.09. The molecule has 0 aliphatic carbocycles. The summed E-state index contributed by atoms with van der Waals surface area (Å²) >= 11 is 0. The van der Waals surface area contributed by atoms with Crippen LogP contribution in [0.3, 0.4) is 0 Å². The van der Waals surface area contributed by atoms with Gasteiger partial charge in [0.05, 0.1) is 18.5 Å². The highest BCUT2D eigenvalue weighted by Gasteiger charge is 2.51. The van der Waals surface area contributed by atoms with Crippen molar-refractivity contribution in [1.29, 1.82) is 0 Å². The Kier molecular flexibility index (Phi) is 6.31. The topological polar surface area (TPSA) is 104 Å². The van der Waals surface area contributed by atoms with Crippen LogP contribution in [0.25, 0.3) is 0 Å². The lowest BCUT2D eigenvalue weighted by atomic mass is 9.91. The molecule has 7 nitrogen and oxygen atoms in total. The molecule has 3 atom stereocenters. The average Bonchev–Trinajstić information content (AvgIpc) is 3.03. The third-order valence-corrected chi connectivity index (χ3v) is 4.86. The van der Waals surface area contributed by atoms with Gasteiger partial charge in [0.15, 0.2) is 0 Å². The van der Waals surface area contributed by atoms with Crippen LogP contribution in [-0.2, 0) is 14.4 Å². The van der Waals surface area contributed by atoms with E-state index in [-0.39, 0.29) is 17.9 Å². The third-order valence-electron chi connectivity index (χ3n) is 4.86. The molecule has 1 heterocycles. The van der Waals surface area contributed by atoms with E-state index in [0.717, 1.165) is 4.90 Å². The number of nitrogens with zero attached hydrogens (tertiary/aromatic N) is 2. The largest absolute Gasteiger partial charge is 0.480 e. The maximum Gasteiger partial charge on any atom is 0.326 e. The van der Waals surface area contributed by atoms with Crippen LogP contribution in [0.2, 0.25) is 0 Å². The van der Waals surface area contributed by atoms with Crippen molar-refractivity contribution in [3.8, 4) is 0 Å². The van der Waals surface area contributed by atoms with Crippen molar-refractivity contribution < 1.29 is 23.9 Å². The fourth-order valence-corrected chi connectivity index (χ4v) is 3.61. The number of nitrogens with two attached hydrogens (primary N) is 1. The lowest BCUT2D eigenvalue weighted by molar-refractivity contribution is -0.149. The summed E-state index contributed by atoms with van der Waals surface area (Å²) in [5, 5.41) is 9.56. The SMILES string of the molecule is CCN(CC)C(=O)C1CC(C(=O)O)N(C(=O)CN)C1c1ccccc1F. The second kappa shape index (κ2) is 8.27. The molecule has 1 saturated heterocycles. The molecule has 0 spiro atoms. The molecule has 1 aromatic rings. The van der Waals surface area contributed by atoms with E-state index < -0.39 is 42.2 Å². The van der Waals surface area contributed by atoms with Crippen LogP contribution in [0.1, 0.15) is 31.9 Å². The van der Waals surface area contributed by atoms with Gasteiger partial charge >= 0.3 is 5.97 Å². The molecule has 1 aliphatic heterocycles. The van der Waals surface area contributed by atoms with Crippen LogP contribution >= 0.6 is 0 Å². The smallest absolute Gasteiger partial charge is 0.326 e. The Morgan fingerprint density at radius 2 is 1.88 bits per heavy atom. The number of halogens is 1. The van der Waals surface area contributed by atoms with Gasteiger partial charge in [-0.25, -0.2) is 9.18 Å². The zero-order valence-electron chi connectivity index (χ0n) is 14.9. The molecule has 3 unspecified atom stereocenters. The van der Waals surface area contributed by atoms with E-state index in [9.17, 15) is 23.9 Å². The fourth-order valence-electron chi connectivity index (χ4n) is 3.61. The zero-order valence-corrected chi connectivity index (χ0v) is 14.9. The molecule has 26 heavy (non-hydrogen) atoms. The highest BCUT2D eigenvalue weighted by molar-refractivity contribution is 5.89. The first-order chi connectivity index (χ1) is 12.4. The number of carboxylic acid groups (broad SMARTS) is 1. The van der Waals surface area contributed by atoms with Gasteiger partial charge in [-0.2, -0.15) is 0 Å². The number of hydrogen-bond acceptors (Lipinski definition) is 4. The fraction of sp³-hybridized carbons (Fsp3) is 0.500. The molecule has 8 heteroatoms. The lowest BCUT2D eigenvalue weighted by Gasteiger charge is -2.32. The summed E-state index contributed by atoms with van der Waals surface area (Å²) in [5.41, 5.74) is 5.58. The molecule has 0 aromatic heterocycles. The van der Waals surface area contributed by atoms with Gasteiger partial charge in [-0.15, -0.1) is 0 Å². The summed E-state index contributed by atoms with van der Waals surface area (Å²) in [5.74, 6) is -3.58. The highest BCUT2D eigenvalue weighted by atomic mass is 19.1. The molecule has 142 valence electrons. The van der Waals surface area contributed by atoms with Crippen molar-refractivity contribution in [1.82, 2.24) is 9.80 Å². The van der Waals surface area contributed by atoms with Gasteiger partial charge in [0, 0.05) is 18.7 Å². The first kappa shape index (κ1) is 19.8. The number of carboxylic acids is 1. The number of aliphatic carboxylic acids is 1. The third kappa shape index (κ3) is 3.55. The quantitative estimate of drug-likeness (QED) is 0.783. The van der Waals surface area contributed by atoms with Crippen LogP contribution in [0.5, 0.6) is 0 Å². The molecule has 1 aliphatic rings. The van der Waals surface area contributed by atoms with Crippen molar-refractivity contribution >= 4 is 17.8 Å². The molecule has 0 radical (unpaired) electrons. The van der Waals surface area contributed by atoms with Crippen LogP contribution in [0.4, 0.5) is 4.39 Å². The normalized spacial score (nSPS) is 22.3. The number of likely N-dealkylation sites (tertiary alicyclic amines) is 1. The van der Waals surface area contributed by atoms with Gasteiger partial charge in [0.2, 0.25) is 11.8 Å². The van der Waals surface area contributed by atoms with Gasteiger partial charge in [0.1, 0.15) is 11.9 Å². The van der Waals surface area contributed by atoms with E-state index in [1.54, 1.807) is 11.0 Å². The zero-order chi connectivity index (χ0) is 19.4. The Labute approximate surface area is 151 Å². The molecular formula is C18H24FN3O4. The average molecular weight is 365 g/mol. The number of amides is 2. The summed E-state index contributed by atoms with van der Waals surface area (Å²) < 4.78 is 14.5.